The average Bonchev–Trinajstić information content (AvgIpc) is 2.42. The number of ether oxygens (including phenoxy) is 1. The molecule has 1 fully saturated rings. The van der Waals surface area contributed by atoms with Crippen molar-refractivity contribution in [3.05, 3.63) is 27.7 Å². The van der Waals surface area contributed by atoms with Crippen molar-refractivity contribution in [3.8, 4) is 5.75 Å². The summed E-state index contributed by atoms with van der Waals surface area (Å²) in [7, 11) is 0. The number of hydrogen-bond acceptors (Lipinski definition) is 3. The van der Waals surface area contributed by atoms with Crippen LogP contribution in [0, 0.1) is 0 Å². The molecule has 1 aromatic carbocycles. The normalized spacial score (nSPS) is 23.8. The summed E-state index contributed by atoms with van der Waals surface area (Å²) in [5.74, 6) is 0.836. The van der Waals surface area contributed by atoms with Crippen LogP contribution in [0.3, 0.4) is 0 Å². The monoisotopic (exact) mass is 360 g/mol. The van der Waals surface area contributed by atoms with Gasteiger partial charge in [0.1, 0.15) is 12.4 Å². The molecule has 2 N–H and O–H groups in total. The van der Waals surface area contributed by atoms with Gasteiger partial charge in [-0.25, -0.2) is 0 Å². The van der Waals surface area contributed by atoms with Crippen molar-refractivity contribution in [2.75, 3.05) is 19.7 Å². The molecule has 0 bridgehead atoms. The number of likely N-dealkylation sites (tertiary alicyclic amines) is 1. The largest absolute Gasteiger partial charge is 0.491 e. The first-order valence-electron chi connectivity index (χ1n) is 7.15. The SMILES string of the molecule is CC1CCCC(CN)N1CCOc1ccc(Cl)cc1Br. The standard InChI is InChI=1S/C15H22BrClN2O/c1-11-3-2-4-13(10-18)19(11)7-8-20-15-6-5-12(17)9-14(15)16/h5-6,9,11,13H,2-4,7-8,10,18H2,1H3. The molecule has 0 amide bonds. The van der Waals surface area contributed by atoms with Crippen molar-refractivity contribution in [2.24, 2.45) is 5.73 Å². The summed E-state index contributed by atoms with van der Waals surface area (Å²) >= 11 is 9.39. The highest BCUT2D eigenvalue weighted by molar-refractivity contribution is 9.10. The Kier molecular flexibility index (Phi) is 6.15. The molecule has 1 aliphatic rings. The highest BCUT2D eigenvalue weighted by Gasteiger charge is 2.26. The van der Waals surface area contributed by atoms with Crippen LogP contribution in [0.4, 0.5) is 0 Å². The van der Waals surface area contributed by atoms with Gasteiger partial charge < -0.3 is 10.5 Å². The third kappa shape index (κ3) is 4.10. The number of hydrogen-bond donors (Lipinski definition) is 1. The van der Waals surface area contributed by atoms with Crippen molar-refractivity contribution >= 4 is 27.5 Å². The Bertz CT molecular complexity index is 444. The van der Waals surface area contributed by atoms with Crippen molar-refractivity contribution < 1.29 is 4.74 Å². The van der Waals surface area contributed by atoms with E-state index in [1.165, 1.54) is 19.3 Å². The van der Waals surface area contributed by atoms with E-state index in [1.807, 2.05) is 18.2 Å². The Hall–Kier alpha value is -0.290. The van der Waals surface area contributed by atoms with Gasteiger partial charge in [-0.2, -0.15) is 0 Å². The van der Waals surface area contributed by atoms with Crippen LogP contribution in [-0.4, -0.2) is 36.7 Å². The van der Waals surface area contributed by atoms with Crippen LogP contribution in [0.25, 0.3) is 0 Å². The van der Waals surface area contributed by atoms with Crippen LogP contribution in [-0.2, 0) is 0 Å². The van der Waals surface area contributed by atoms with Crippen molar-refractivity contribution in [1.82, 2.24) is 4.90 Å². The van der Waals surface area contributed by atoms with Crippen molar-refractivity contribution in [2.45, 2.75) is 38.3 Å². The molecule has 0 aliphatic carbocycles. The number of halogens is 2. The molecular formula is C15H22BrClN2O. The first-order chi connectivity index (χ1) is 9.61. The second kappa shape index (κ2) is 7.64. The van der Waals surface area contributed by atoms with Crippen LogP contribution in [0.2, 0.25) is 5.02 Å². The van der Waals surface area contributed by atoms with Crippen LogP contribution in [0.5, 0.6) is 5.75 Å². The van der Waals surface area contributed by atoms with E-state index in [1.54, 1.807) is 0 Å². The van der Waals surface area contributed by atoms with Gasteiger partial charge in [0.2, 0.25) is 0 Å². The van der Waals surface area contributed by atoms with Crippen LogP contribution in [0.15, 0.2) is 22.7 Å². The van der Waals surface area contributed by atoms with E-state index in [0.717, 1.165) is 23.3 Å². The molecule has 1 aromatic rings. The van der Waals surface area contributed by atoms with Gasteiger partial charge in [-0.15, -0.1) is 0 Å². The number of nitrogens with zero attached hydrogens (tertiary/aromatic N) is 1. The lowest BCUT2D eigenvalue weighted by molar-refractivity contribution is 0.0798. The predicted octanol–water partition coefficient (Wildman–Crippen LogP) is 3.68. The molecule has 5 heteroatoms. The van der Waals surface area contributed by atoms with Gasteiger partial charge in [-0.3, -0.25) is 4.90 Å². The lowest BCUT2D eigenvalue weighted by Gasteiger charge is -2.40. The quantitative estimate of drug-likeness (QED) is 0.869. The molecule has 2 rings (SSSR count). The zero-order chi connectivity index (χ0) is 14.5. The summed E-state index contributed by atoms with van der Waals surface area (Å²) in [5.41, 5.74) is 5.87. The molecule has 1 saturated heterocycles. The van der Waals surface area contributed by atoms with E-state index in [2.05, 4.69) is 27.8 Å². The molecule has 2 unspecified atom stereocenters. The molecule has 0 spiro atoms. The zero-order valence-corrected chi connectivity index (χ0v) is 14.2. The molecule has 1 aliphatic heterocycles. The number of benzene rings is 1. The van der Waals surface area contributed by atoms with Crippen LogP contribution >= 0.6 is 27.5 Å². The molecule has 1 heterocycles. The summed E-state index contributed by atoms with van der Waals surface area (Å²) in [6.07, 6.45) is 3.73. The summed E-state index contributed by atoms with van der Waals surface area (Å²) in [6, 6.07) is 6.68. The molecule has 20 heavy (non-hydrogen) atoms. The van der Waals surface area contributed by atoms with E-state index in [9.17, 15) is 0 Å². The molecule has 2 atom stereocenters. The summed E-state index contributed by atoms with van der Waals surface area (Å²) in [4.78, 5) is 2.48. The first-order valence-corrected chi connectivity index (χ1v) is 8.32. The average molecular weight is 362 g/mol. The van der Waals surface area contributed by atoms with Crippen molar-refractivity contribution in [3.63, 3.8) is 0 Å². The predicted molar refractivity (Wildman–Crippen MR) is 87.5 cm³/mol. The number of piperidine rings is 1. The Morgan fingerprint density at radius 3 is 2.95 bits per heavy atom. The summed E-state index contributed by atoms with van der Waals surface area (Å²) in [6.45, 7) is 4.59. The molecule has 112 valence electrons. The Morgan fingerprint density at radius 1 is 1.45 bits per heavy atom. The minimum absolute atomic E-state index is 0.496. The van der Waals surface area contributed by atoms with E-state index in [0.29, 0.717) is 23.7 Å². The van der Waals surface area contributed by atoms with Gasteiger partial charge in [0.15, 0.2) is 0 Å². The molecule has 0 saturated carbocycles. The topological polar surface area (TPSA) is 38.5 Å². The second-order valence-corrected chi connectivity index (χ2v) is 6.62. The smallest absolute Gasteiger partial charge is 0.133 e. The fourth-order valence-electron chi connectivity index (χ4n) is 2.85. The lowest BCUT2D eigenvalue weighted by Crippen LogP contribution is -2.50. The maximum atomic E-state index is 5.92. The lowest BCUT2D eigenvalue weighted by atomic mass is 9.96. The third-order valence-corrected chi connectivity index (χ3v) is 4.82. The van der Waals surface area contributed by atoms with Crippen LogP contribution in [0.1, 0.15) is 26.2 Å². The van der Waals surface area contributed by atoms with E-state index in [-0.39, 0.29) is 0 Å². The van der Waals surface area contributed by atoms with Gasteiger partial charge in [0.05, 0.1) is 4.47 Å². The summed E-state index contributed by atoms with van der Waals surface area (Å²) < 4.78 is 6.74. The maximum absolute atomic E-state index is 5.92. The highest BCUT2D eigenvalue weighted by atomic mass is 79.9. The van der Waals surface area contributed by atoms with Gasteiger partial charge in [-0.1, -0.05) is 18.0 Å². The fourth-order valence-corrected chi connectivity index (χ4v) is 3.65. The van der Waals surface area contributed by atoms with E-state index >= 15 is 0 Å². The third-order valence-electron chi connectivity index (χ3n) is 3.97. The fraction of sp³-hybridized carbons (Fsp3) is 0.600. The van der Waals surface area contributed by atoms with Gasteiger partial charge in [-0.05, 0) is 53.9 Å². The van der Waals surface area contributed by atoms with Gasteiger partial charge in [0.25, 0.3) is 0 Å². The number of nitrogens with two attached hydrogens (primary N) is 1. The van der Waals surface area contributed by atoms with Crippen molar-refractivity contribution in [1.29, 1.82) is 0 Å². The molecule has 3 nitrogen and oxygen atoms in total. The van der Waals surface area contributed by atoms with E-state index in [4.69, 9.17) is 22.1 Å². The number of rotatable bonds is 5. The Morgan fingerprint density at radius 2 is 2.25 bits per heavy atom. The highest BCUT2D eigenvalue weighted by Crippen LogP contribution is 2.28. The maximum Gasteiger partial charge on any atom is 0.133 e. The second-order valence-electron chi connectivity index (χ2n) is 5.33. The van der Waals surface area contributed by atoms with Gasteiger partial charge >= 0.3 is 0 Å². The van der Waals surface area contributed by atoms with E-state index < -0.39 is 0 Å². The molecule has 0 radical (unpaired) electrons. The zero-order valence-electron chi connectivity index (χ0n) is 11.8. The first kappa shape index (κ1) is 16.1. The molecule has 0 aromatic heterocycles. The van der Waals surface area contributed by atoms with Crippen LogP contribution < -0.4 is 10.5 Å². The Balaban J connectivity index is 1.87. The molecular weight excluding hydrogens is 340 g/mol. The summed E-state index contributed by atoms with van der Waals surface area (Å²) in [5, 5.41) is 0.706. The minimum atomic E-state index is 0.496. The Labute approximate surface area is 134 Å². The minimum Gasteiger partial charge on any atom is -0.491 e. The van der Waals surface area contributed by atoms with Gasteiger partial charge in [0, 0.05) is 30.2 Å².